The number of ether oxygens (including phenoxy) is 1. The van der Waals surface area contributed by atoms with Gasteiger partial charge >= 0.3 is 0 Å². The average Bonchev–Trinajstić information content (AvgIpc) is 2.66. The predicted molar refractivity (Wildman–Crippen MR) is 121 cm³/mol. The van der Waals surface area contributed by atoms with Crippen molar-refractivity contribution in [3.05, 3.63) is 64.5 Å². The summed E-state index contributed by atoms with van der Waals surface area (Å²) in [7, 11) is 0. The molecule has 0 fully saturated rings. The molecule has 0 heterocycles. The Bertz CT molecular complexity index is 849. The molecule has 0 aliphatic rings. The number of benzene rings is 2. The fraction of sp³-hybridized carbons (Fsp3) is 0.333. The number of halogens is 2. The first-order valence-electron chi connectivity index (χ1n) is 9.00. The second-order valence-electron chi connectivity index (χ2n) is 6.01. The van der Waals surface area contributed by atoms with Crippen molar-refractivity contribution in [3.63, 3.8) is 0 Å². The molecule has 0 atom stereocenters. The SMILES string of the molecule is CCNC(=NCc1cc(C#N)ccc1F)NCc1ccc(C)cc1OCC.I. The molecule has 2 rings (SSSR count). The molecule has 0 aromatic heterocycles. The Morgan fingerprint density at radius 1 is 1.14 bits per heavy atom. The topological polar surface area (TPSA) is 69.4 Å². The molecule has 2 N–H and O–H groups in total. The molecular weight excluding hydrogens is 470 g/mol. The lowest BCUT2D eigenvalue weighted by Gasteiger charge is -2.15. The smallest absolute Gasteiger partial charge is 0.191 e. The summed E-state index contributed by atoms with van der Waals surface area (Å²) < 4.78 is 19.6. The fourth-order valence-corrected chi connectivity index (χ4v) is 2.55. The lowest BCUT2D eigenvalue weighted by molar-refractivity contribution is 0.336. The van der Waals surface area contributed by atoms with Crippen molar-refractivity contribution in [3.8, 4) is 11.8 Å². The lowest BCUT2D eigenvalue weighted by Crippen LogP contribution is -2.36. The molecule has 0 aliphatic heterocycles. The average molecular weight is 496 g/mol. The monoisotopic (exact) mass is 496 g/mol. The highest BCUT2D eigenvalue weighted by atomic mass is 127. The summed E-state index contributed by atoms with van der Waals surface area (Å²) >= 11 is 0. The number of hydrogen-bond donors (Lipinski definition) is 2. The van der Waals surface area contributed by atoms with E-state index in [1.54, 1.807) is 0 Å². The normalized spacial score (nSPS) is 10.6. The standard InChI is InChI=1S/C21H25FN4O.HI/c1-4-24-21(26-14-18-11-16(12-23)7-9-19(18)22)25-13-17-8-6-15(3)10-20(17)27-5-2;/h6-11H,4-5,13-14H2,1-3H3,(H2,24,25,26);1H. The van der Waals surface area contributed by atoms with Gasteiger partial charge in [0.2, 0.25) is 0 Å². The van der Waals surface area contributed by atoms with Crippen molar-refractivity contribution < 1.29 is 9.13 Å². The molecule has 28 heavy (non-hydrogen) atoms. The van der Waals surface area contributed by atoms with Crippen LogP contribution in [-0.4, -0.2) is 19.1 Å². The van der Waals surface area contributed by atoms with Gasteiger partial charge in [-0.25, -0.2) is 9.38 Å². The number of nitrogens with zero attached hydrogens (tertiary/aromatic N) is 2. The van der Waals surface area contributed by atoms with Gasteiger partial charge in [-0.2, -0.15) is 5.26 Å². The number of nitriles is 1. The Morgan fingerprint density at radius 3 is 2.61 bits per heavy atom. The van der Waals surface area contributed by atoms with Gasteiger partial charge < -0.3 is 15.4 Å². The van der Waals surface area contributed by atoms with Gasteiger partial charge in [0.05, 0.1) is 24.8 Å². The Hall–Kier alpha value is -2.34. The van der Waals surface area contributed by atoms with Crippen LogP contribution < -0.4 is 15.4 Å². The van der Waals surface area contributed by atoms with Gasteiger partial charge in [0.25, 0.3) is 0 Å². The maximum Gasteiger partial charge on any atom is 0.191 e. The zero-order valence-corrected chi connectivity index (χ0v) is 18.7. The Labute approximate surface area is 183 Å². The first-order valence-corrected chi connectivity index (χ1v) is 9.00. The van der Waals surface area contributed by atoms with E-state index in [2.05, 4.69) is 15.6 Å². The first-order chi connectivity index (χ1) is 13.1. The van der Waals surface area contributed by atoms with Gasteiger partial charge in [-0.05, 0) is 50.6 Å². The maximum absolute atomic E-state index is 13.9. The third-order valence-corrected chi connectivity index (χ3v) is 3.90. The summed E-state index contributed by atoms with van der Waals surface area (Å²) in [5.74, 6) is 1.04. The third-order valence-electron chi connectivity index (χ3n) is 3.90. The molecule has 0 saturated carbocycles. The van der Waals surface area contributed by atoms with Crippen LogP contribution >= 0.6 is 24.0 Å². The van der Waals surface area contributed by atoms with Gasteiger partial charge in [-0.15, -0.1) is 24.0 Å². The second kappa shape index (κ2) is 12.2. The van der Waals surface area contributed by atoms with E-state index in [4.69, 9.17) is 10.00 Å². The molecule has 0 amide bonds. The van der Waals surface area contributed by atoms with Crippen molar-refractivity contribution in [2.45, 2.75) is 33.9 Å². The highest BCUT2D eigenvalue weighted by Gasteiger charge is 2.07. The van der Waals surface area contributed by atoms with Crippen LogP contribution in [0.2, 0.25) is 0 Å². The van der Waals surface area contributed by atoms with Crippen molar-refractivity contribution in [1.82, 2.24) is 10.6 Å². The minimum absolute atomic E-state index is 0. The van der Waals surface area contributed by atoms with Crippen LogP contribution in [0.25, 0.3) is 0 Å². The van der Waals surface area contributed by atoms with Crippen LogP contribution in [-0.2, 0) is 13.1 Å². The van der Waals surface area contributed by atoms with Crippen LogP contribution in [0.3, 0.4) is 0 Å². The van der Waals surface area contributed by atoms with Gasteiger partial charge in [0.15, 0.2) is 5.96 Å². The highest BCUT2D eigenvalue weighted by Crippen LogP contribution is 2.20. The summed E-state index contributed by atoms with van der Waals surface area (Å²) in [6, 6.07) is 12.4. The van der Waals surface area contributed by atoms with Gasteiger partial charge in [-0.1, -0.05) is 12.1 Å². The largest absolute Gasteiger partial charge is 0.494 e. The Kier molecular flexibility index (Phi) is 10.3. The minimum atomic E-state index is -0.370. The summed E-state index contributed by atoms with van der Waals surface area (Å²) in [6.07, 6.45) is 0. The Morgan fingerprint density at radius 2 is 1.93 bits per heavy atom. The first kappa shape index (κ1) is 23.7. The maximum atomic E-state index is 13.9. The number of rotatable bonds is 7. The van der Waals surface area contributed by atoms with Crippen molar-refractivity contribution in [2.24, 2.45) is 4.99 Å². The molecule has 0 radical (unpaired) electrons. The Balaban J connectivity index is 0.00000392. The number of guanidine groups is 1. The van der Waals surface area contributed by atoms with Crippen LogP contribution in [0, 0.1) is 24.1 Å². The molecule has 2 aromatic rings. The lowest BCUT2D eigenvalue weighted by atomic mass is 10.1. The van der Waals surface area contributed by atoms with E-state index in [0.717, 1.165) is 16.9 Å². The van der Waals surface area contributed by atoms with Crippen LogP contribution in [0.5, 0.6) is 5.75 Å². The highest BCUT2D eigenvalue weighted by molar-refractivity contribution is 14.0. The third kappa shape index (κ3) is 7.00. The van der Waals surface area contributed by atoms with Gasteiger partial charge in [0, 0.05) is 24.2 Å². The molecule has 0 unspecified atom stereocenters. The van der Waals surface area contributed by atoms with E-state index in [1.807, 2.05) is 45.0 Å². The number of hydrogen-bond acceptors (Lipinski definition) is 3. The van der Waals surface area contributed by atoms with E-state index in [1.165, 1.54) is 18.2 Å². The van der Waals surface area contributed by atoms with Crippen LogP contribution in [0.4, 0.5) is 4.39 Å². The summed E-state index contributed by atoms with van der Waals surface area (Å²) in [5.41, 5.74) is 2.96. The van der Waals surface area contributed by atoms with Crippen molar-refractivity contribution in [1.29, 1.82) is 5.26 Å². The summed E-state index contributed by atoms with van der Waals surface area (Å²) in [5, 5.41) is 15.4. The molecule has 2 aromatic carbocycles. The van der Waals surface area contributed by atoms with Gasteiger partial charge in [-0.3, -0.25) is 0 Å². The zero-order chi connectivity index (χ0) is 19.6. The van der Waals surface area contributed by atoms with Crippen LogP contribution in [0.1, 0.15) is 36.1 Å². The summed E-state index contributed by atoms with van der Waals surface area (Å²) in [4.78, 5) is 4.43. The molecule has 0 saturated heterocycles. The van der Waals surface area contributed by atoms with Gasteiger partial charge in [0.1, 0.15) is 11.6 Å². The minimum Gasteiger partial charge on any atom is -0.494 e. The molecule has 0 spiro atoms. The van der Waals surface area contributed by atoms with Crippen LogP contribution in [0.15, 0.2) is 41.4 Å². The number of aryl methyl sites for hydroxylation is 1. The molecule has 0 bridgehead atoms. The van der Waals surface area contributed by atoms with E-state index < -0.39 is 0 Å². The van der Waals surface area contributed by atoms with E-state index in [-0.39, 0.29) is 36.3 Å². The predicted octanol–water partition coefficient (Wildman–Crippen LogP) is 4.28. The second-order valence-corrected chi connectivity index (χ2v) is 6.01. The van der Waals surface area contributed by atoms with Crippen molar-refractivity contribution in [2.75, 3.05) is 13.2 Å². The molecular formula is C21H26FIN4O. The molecule has 5 nitrogen and oxygen atoms in total. The van der Waals surface area contributed by atoms with E-state index in [9.17, 15) is 4.39 Å². The quantitative estimate of drug-likeness (QED) is 0.341. The van der Waals surface area contributed by atoms with E-state index in [0.29, 0.717) is 36.8 Å². The summed E-state index contributed by atoms with van der Waals surface area (Å²) in [6.45, 7) is 7.89. The van der Waals surface area contributed by atoms with Crippen molar-refractivity contribution >= 4 is 29.9 Å². The van der Waals surface area contributed by atoms with E-state index >= 15 is 0 Å². The molecule has 0 aliphatic carbocycles. The zero-order valence-electron chi connectivity index (χ0n) is 16.4. The number of nitrogens with one attached hydrogen (secondary N) is 2. The molecule has 150 valence electrons. The fourth-order valence-electron chi connectivity index (χ4n) is 2.55. The number of aliphatic imine (C=N–C) groups is 1. The molecule has 7 heteroatoms.